The summed E-state index contributed by atoms with van der Waals surface area (Å²) < 4.78 is 10.2. The molecule has 1 atom stereocenters. The van der Waals surface area contributed by atoms with E-state index in [1.807, 2.05) is 0 Å². The molecule has 1 unspecified atom stereocenters. The van der Waals surface area contributed by atoms with Crippen LogP contribution in [-0.2, 0) is 6.42 Å². The Morgan fingerprint density at radius 1 is 1.56 bits per heavy atom. The average molecular weight is 275 g/mol. The van der Waals surface area contributed by atoms with E-state index < -0.39 is 6.09 Å². The highest BCUT2D eigenvalue weighted by molar-refractivity contribution is 6.32. The lowest BCUT2D eigenvalue weighted by Gasteiger charge is -2.14. The highest BCUT2D eigenvalue weighted by Gasteiger charge is 2.15. The van der Waals surface area contributed by atoms with Crippen molar-refractivity contribution in [2.75, 3.05) is 14.2 Å². The maximum absolute atomic E-state index is 10.5. The van der Waals surface area contributed by atoms with Crippen LogP contribution in [0.15, 0.2) is 6.07 Å². The number of methoxy groups -OCH3 is 2. The molecule has 0 saturated carbocycles. The van der Waals surface area contributed by atoms with Crippen molar-refractivity contribution in [1.29, 1.82) is 0 Å². The molecule has 1 aromatic rings. The van der Waals surface area contributed by atoms with Crippen molar-refractivity contribution in [3.63, 3.8) is 0 Å². The van der Waals surface area contributed by atoms with Crippen LogP contribution in [-0.4, -0.2) is 36.4 Å². The first-order valence-electron chi connectivity index (χ1n) is 5.24. The molecule has 1 amide bonds. The van der Waals surface area contributed by atoms with Gasteiger partial charge in [0.25, 0.3) is 0 Å². The quantitative estimate of drug-likeness (QED) is 0.858. The van der Waals surface area contributed by atoms with Gasteiger partial charge in [0.1, 0.15) is 10.8 Å². The van der Waals surface area contributed by atoms with Crippen molar-refractivity contribution >= 4 is 17.7 Å². The molecular weight excluding hydrogens is 260 g/mol. The molecule has 18 heavy (non-hydrogen) atoms. The molecule has 7 heteroatoms. The monoisotopic (exact) mass is 274 g/mol. The molecule has 0 aliphatic carbocycles. The minimum absolute atomic E-state index is 0.287. The number of rotatable bonds is 5. The molecule has 0 saturated heterocycles. The third-order valence-corrected chi connectivity index (χ3v) is 2.54. The number of halogens is 1. The number of hydrogen-bond donors (Lipinski definition) is 2. The summed E-state index contributed by atoms with van der Waals surface area (Å²) >= 11 is 5.92. The Morgan fingerprint density at radius 2 is 2.22 bits per heavy atom. The van der Waals surface area contributed by atoms with Crippen molar-refractivity contribution in [2.45, 2.75) is 19.4 Å². The molecule has 0 aromatic carbocycles. The Bertz CT molecular complexity index is 439. The number of ether oxygens (including phenoxy) is 2. The summed E-state index contributed by atoms with van der Waals surface area (Å²) in [5.74, 6) is 0.787. The number of pyridine rings is 1. The molecule has 2 N–H and O–H groups in total. The van der Waals surface area contributed by atoms with E-state index in [-0.39, 0.29) is 11.9 Å². The standard InChI is InChI=1S/C11H15ClN2O4/c1-6(13-11(15)16)4-8-9(17-2)5-7(12)10(14-8)18-3/h5-6,13H,4H2,1-3H3,(H,15,16). The molecule has 1 heterocycles. The molecule has 1 rings (SSSR count). The fourth-order valence-electron chi connectivity index (χ4n) is 1.51. The zero-order valence-corrected chi connectivity index (χ0v) is 11.1. The maximum atomic E-state index is 10.5. The van der Waals surface area contributed by atoms with Crippen LogP contribution in [0.2, 0.25) is 5.02 Å². The fourth-order valence-corrected chi connectivity index (χ4v) is 1.73. The summed E-state index contributed by atoms with van der Waals surface area (Å²) in [7, 11) is 2.96. The average Bonchev–Trinajstić information content (AvgIpc) is 2.29. The van der Waals surface area contributed by atoms with Gasteiger partial charge in [-0.3, -0.25) is 0 Å². The molecule has 0 spiro atoms. The molecule has 100 valence electrons. The van der Waals surface area contributed by atoms with E-state index in [1.165, 1.54) is 14.2 Å². The van der Waals surface area contributed by atoms with Gasteiger partial charge < -0.3 is 19.9 Å². The van der Waals surface area contributed by atoms with E-state index in [0.29, 0.717) is 22.9 Å². The largest absolute Gasteiger partial charge is 0.495 e. The van der Waals surface area contributed by atoms with Crippen LogP contribution in [0.4, 0.5) is 4.79 Å². The second-order valence-corrected chi connectivity index (χ2v) is 4.09. The third-order valence-electron chi connectivity index (χ3n) is 2.27. The zero-order valence-electron chi connectivity index (χ0n) is 10.4. The summed E-state index contributed by atoms with van der Waals surface area (Å²) in [6, 6.07) is 1.30. The predicted octanol–water partition coefficient (Wildman–Crippen LogP) is 1.95. The van der Waals surface area contributed by atoms with Crippen LogP contribution in [0.3, 0.4) is 0 Å². The first-order chi connectivity index (χ1) is 8.47. The molecule has 0 fully saturated rings. The second-order valence-electron chi connectivity index (χ2n) is 3.68. The fraction of sp³-hybridized carbons (Fsp3) is 0.455. The first kappa shape index (κ1) is 14.4. The minimum Gasteiger partial charge on any atom is -0.495 e. The van der Waals surface area contributed by atoms with Gasteiger partial charge in [-0.25, -0.2) is 9.78 Å². The molecular formula is C11H15ClN2O4. The van der Waals surface area contributed by atoms with E-state index in [4.69, 9.17) is 26.2 Å². The van der Waals surface area contributed by atoms with Crippen molar-refractivity contribution in [2.24, 2.45) is 0 Å². The highest BCUT2D eigenvalue weighted by Crippen LogP contribution is 2.29. The van der Waals surface area contributed by atoms with E-state index in [0.717, 1.165) is 0 Å². The van der Waals surface area contributed by atoms with Gasteiger partial charge in [-0.05, 0) is 6.92 Å². The lowest BCUT2D eigenvalue weighted by Crippen LogP contribution is -2.33. The van der Waals surface area contributed by atoms with E-state index >= 15 is 0 Å². The van der Waals surface area contributed by atoms with Crippen LogP contribution >= 0.6 is 11.6 Å². The Hall–Kier alpha value is -1.69. The highest BCUT2D eigenvalue weighted by atomic mass is 35.5. The minimum atomic E-state index is -1.08. The van der Waals surface area contributed by atoms with E-state index in [9.17, 15) is 4.79 Å². The van der Waals surface area contributed by atoms with Gasteiger partial charge in [-0.15, -0.1) is 0 Å². The van der Waals surface area contributed by atoms with Crippen LogP contribution in [0.25, 0.3) is 0 Å². The summed E-state index contributed by atoms with van der Waals surface area (Å²) in [6.45, 7) is 1.73. The van der Waals surface area contributed by atoms with Crippen LogP contribution in [0.5, 0.6) is 11.6 Å². The number of hydrogen-bond acceptors (Lipinski definition) is 4. The van der Waals surface area contributed by atoms with Crippen LogP contribution in [0.1, 0.15) is 12.6 Å². The second kappa shape index (κ2) is 6.30. The Kier molecular flexibility index (Phi) is 5.03. The molecule has 6 nitrogen and oxygen atoms in total. The van der Waals surface area contributed by atoms with E-state index in [2.05, 4.69) is 10.3 Å². The smallest absolute Gasteiger partial charge is 0.404 e. The zero-order chi connectivity index (χ0) is 13.7. The molecule has 0 aliphatic rings. The molecule has 0 bridgehead atoms. The van der Waals surface area contributed by atoms with Gasteiger partial charge in [0.05, 0.1) is 19.9 Å². The molecule has 0 radical (unpaired) electrons. The van der Waals surface area contributed by atoms with Gasteiger partial charge >= 0.3 is 6.09 Å². The van der Waals surface area contributed by atoms with Gasteiger partial charge in [0.15, 0.2) is 0 Å². The van der Waals surface area contributed by atoms with Gasteiger partial charge in [-0.2, -0.15) is 0 Å². The number of amides is 1. The summed E-state index contributed by atoms with van der Waals surface area (Å²) in [5.41, 5.74) is 0.583. The summed E-state index contributed by atoms with van der Waals surface area (Å²) in [5, 5.41) is 11.3. The summed E-state index contributed by atoms with van der Waals surface area (Å²) in [4.78, 5) is 14.7. The van der Waals surface area contributed by atoms with Crippen molar-refractivity contribution in [3.05, 3.63) is 16.8 Å². The number of nitrogens with zero attached hydrogens (tertiary/aromatic N) is 1. The van der Waals surface area contributed by atoms with Gasteiger partial charge in [0.2, 0.25) is 5.88 Å². The topological polar surface area (TPSA) is 80.7 Å². The third kappa shape index (κ3) is 3.66. The van der Waals surface area contributed by atoms with Crippen molar-refractivity contribution in [3.8, 4) is 11.6 Å². The SMILES string of the molecule is COc1cc(Cl)c(OC)nc1CC(C)NC(=O)O. The van der Waals surface area contributed by atoms with E-state index in [1.54, 1.807) is 13.0 Å². The lowest BCUT2D eigenvalue weighted by atomic mass is 10.1. The lowest BCUT2D eigenvalue weighted by molar-refractivity contribution is 0.190. The number of nitrogens with one attached hydrogen (secondary N) is 1. The Balaban J connectivity index is 2.95. The molecule has 0 aliphatic heterocycles. The van der Waals surface area contributed by atoms with Gasteiger partial charge in [0, 0.05) is 18.5 Å². The maximum Gasteiger partial charge on any atom is 0.404 e. The summed E-state index contributed by atoms with van der Waals surface area (Å²) in [6.07, 6.45) is -0.703. The Labute approximate surface area is 110 Å². The molecule has 1 aromatic heterocycles. The van der Waals surface area contributed by atoms with Crippen molar-refractivity contribution < 1.29 is 19.4 Å². The number of aromatic nitrogens is 1. The van der Waals surface area contributed by atoms with Crippen molar-refractivity contribution in [1.82, 2.24) is 10.3 Å². The first-order valence-corrected chi connectivity index (χ1v) is 5.62. The van der Waals surface area contributed by atoms with Crippen LogP contribution in [0, 0.1) is 0 Å². The Morgan fingerprint density at radius 3 is 2.72 bits per heavy atom. The normalized spacial score (nSPS) is 11.8. The van der Waals surface area contributed by atoms with Gasteiger partial charge in [-0.1, -0.05) is 11.6 Å². The predicted molar refractivity (Wildman–Crippen MR) is 66.7 cm³/mol. The number of carboxylic acid groups (broad SMARTS) is 1. The van der Waals surface area contributed by atoms with Crippen LogP contribution < -0.4 is 14.8 Å². The number of carbonyl (C=O) groups is 1.